The van der Waals surface area contributed by atoms with E-state index in [2.05, 4.69) is 5.32 Å². The van der Waals surface area contributed by atoms with Gasteiger partial charge in [0, 0.05) is 13.0 Å². The highest BCUT2D eigenvalue weighted by atomic mass is 16.4. The van der Waals surface area contributed by atoms with Gasteiger partial charge in [-0.25, -0.2) is 0 Å². The summed E-state index contributed by atoms with van der Waals surface area (Å²) in [5, 5.41) is 10.9. The van der Waals surface area contributed by atoms with E-state index in [0.717, 1.165) is 12.8 Å². The molecule has 0 heterocycles. The number of nitrogens with zero attached hydrogens (tertiary/aromatic N) is 1. The molecule has 0 radical (unpaired) electrons. The summed E-state index contributed by atoms with van der Waals surface area (Å²) in [5.41, 5.74) is 0.789. The Bertz CT molecular complexity index is 552. The molecule has 6 heteroatoms. The van der Waals surface area contributed by atoms with Gasteiger partial charge in [-0.1, -0.05) is 12.1 Å². The van der Waals surface area contributed by atoms with Gasteiger partial charge in [0.2, 0.25) is 5.91 Å². The summed E-state index contributed by atoms with van der Waals surface area (Å²) in [6.45, 7) is -0.451. The van der Waals surface area contributed by atoms with Gasteiger partial charge < -0.3 is 15.3 Å². The van der Waals surface area contributed by atoms with Gasteiger partial charge in [-0.15, -0.1) is 0 Å². The molecule has 0 saturated heterocycles. The Morgan fingerprint density at radius 1 is 1.30 bits per heavy atom. The predicted octanol–water partition coefficient (Wildman–Crippen LogP) is 0.874. The van der Waals surface area contributed by atoms with E-state index in [4.69, 9.17) is 5.11 Å². The summed E-state index contributed by atoms with van der Waals surface area (Å²) < 4.78 is 0. The Hall–Kier alpha value is -2.37. The van der Waals surface area contributed by atoms with Crippen molar-refractivity contribution in [1.29, 1.82) is 0 Å². The topological polar surface area (TPSA) is 86.7 Å². The second kappa shape index (κ2) is 5.73. The zero-order valence-corrected chi connectivity index (χ0v) is 11.1. The van der Waals surface area contributed by atoms with Gasteiger partial charge >= 0.3 is 5.97 Å². The summed E-state index contributed by atoms with van der Waals surface area (Å²) in [5.74, 6) is -1.57. The minimum Gasteiger partial charge on any atom is -0.480 e. The highest BCUT2D eigenvalue weighted by Crippen LogP contribution is 2.33. The van der Waals surface area contributed by atoms with E-state index in [9.17, 15) is 14.4 Å². The Morgan fingerprint density at radius 2 is 1.95 bits per heavy atom. The van der Waals surface area contributed by atoms with Crippen molar-refractivity contribution in [3.05, 3.63) is 29.8 Å². The summed E-state index contributed by atoms with van der Waals surface area (Å²) in [4.78, 5) is 36.0. The third-order valence-electron chi connectivity index (χ3n) is 3.17. The summed E-state index contributed by atoms with van der Waals surface area (Å²) in [7, 11) is 1.63. The van der Waals surface area contributed by atoms with Crippen molar-refractivity contribution in [2.75, 3.05) is 18.5 Å². The Labute approximate surface area is 116 Å². The highest BCUT2D eigenvalue weighted by Gasteiger charge is 2.33. The number of carboxylic acids is 1. The van der Waals surface area contributed by atoms with E-state index in [1.54, 1.807) is 31.3 Å². The fourth-order valence-corrected chi connectivity index (χ4v) is 1.93. The molecule has 0 atom stereocenters. The van der Waals surface area contributed by atoms with Gasteiger partial charge in [0.25, 0.3) is 5.91 Å². The van der Waals surface area contributed by atoms with E-state index in [-0.39, 0.29) is 11.8 Å². The molecule has 1 aromatic carbocycles. The molecule has 106 valence electrons. The SMILES string of the molecule is CN(C(=O)C1CC1)c1ccccc1C(=O)NCC(=O)O. The molecule has 1 fully saturated rings. The lowest BCUT2D eigenvalue weighted by Gasteiger charge is -2.20. The summed E-state index contributed by atoms with van der Waals surface area (Å²) in [6, 6.07) is 6.66. The molecule has 2 amide bonds. The van der Waals surface area contributed by atoms with Crippen molar-refractivity contribution in [2.45, 2.75) is 12.8 Å². The molecule has 0 spiro atoms. The smallest absolute Gasteiger partial charge is 0.322 e. The number of carbonyl (C=O) groups is 3. The fraction of sp³-hybridized carbons (Fsp3) is 0.357. The lowest BCUT2D eigenvalue weighted by molar-refractivity contribution is -0.135. The fourth-order valence-electron chi connectivity index (χ4n) is 1.93. The average molecular weight is 276 g/mol. The molecular formula is C14H16N2O4. The highest BCUT2D eigenvalue weighted by molar-refractivity contribution is 6.06. The van der Waals surface area contributed by atoms with Crippen molar-refractivity contribution in [1.82, 2.24) is 5.32 Å². The first-order chi connectivity index (χ1) is 9.50. The lowest BCUT2D eigenvalue weighted by Crippen LogP contribution is -2.33. The van der Waals surface area contributed by atoms with Gasteiger partial charge in [0.15, 0.2) is 0 Å². The van der Waals surface area contributed by atoms with Crippen LogP contribution in [0.15, 0.2) is 24.3 Å². The third-order valence-corrected chi connectivity index (χ3v) is 3.17. The Kier molecular flexibility index (Phi) is 4.02. The van der Waals surface area contributed by atoms with Crippen molar-refractivity contribution in [2.24, 2.45) is 5.92 Å². The van der Waals surface area contributed by atoms with E-state index >= 15 is 0 Å². The van der Waals surface area contributed by atoms with Crippen molar-refractivity contribution in [3.8, 4) is 0 Å². The molecule has 1 saturated carbocycles. The largest absolute Gasteiger partial charge is 0.480 e. The normalized spacial score (nSPS) is 13.7. The molecule has 1 aliphatic carbocycles. The molecule has 0 aliphatic heterocycles. The van der Waals surface area contributed by atoms with Crippen LogP contribution in [0.25, 0.3) is 0 Å². The van der Waals surface area contributed by atoms with E-state index in [1.807, 2.05) is 0 Å². The number of rotatable bonds is 5. The molecule has 1 aromatic rings. The van der Waals surface area contributed by atoms with Crippen LogP contribution < -0.4 is 10.2 Å². The standard InChI is InChI=1S/C14H16N2O4/c1-16(14(20)9-6-7-9)11-5-3-2-4-10(11)13(19)15-8-12(17)18/h2-5,9H,6-8H2,1H3,(H,15,19)(H,17,18). The maximum atomic E-state index is 12.0. The molecular weight excluding hydrogens is 260 g/mol. The predicted molar refractivity (Wildman–Crippen MR) is 72.5 cm³/mol. The molecule has 2 N–H and O–H groups in total. The number of para-hydroxylation sites is 1. The molecule has 2 rings (SSSR count). The molecule has 0 unspecified atom stereocenters. The third kappa shape index (κ3) is 3.14. The number of carbonyl (C=O) groups excluding carboxylic acids is 2. The van der Waals surface area contributed by atoms with Crippen LogP contribution in [0.2, 0.25) is 0 Å². The average Bonchev–Trinajstić information content (AvgIpc) is 3.27. The van der Waals surface area contributed by atoms with Crippen LogP contribution >= 0.6 is 0 Å². The second-order valence-electron chi connectivity index (χ2n) is 4.77. The van der Waals surface area contributed by atoms with Gasteiger partial charge in [0.05, 0.1) is 11.3 Å². The first kappa shape index (κ1) is 14.0. The quantitative estimate of drug-likeness (QED) is 0.835. The first-order valence-electron chi connectivity index (χ1n) is 6.37. The van der Waals surface area contributed by atoms with Crippen LogP contribution in [0.5, 0.6) is 0 Å². The number of nitrogens with one attached hydrogen (secondary N) is 1. The van der Waals surface area contributed by atoms with Crippen molar-refractivity contribution in [3.63, 3.8) is 0 Å². The minimum atomic E-state index is -1.11. The monoisotopic (exact) mass is 276 g/mol. The zero-order valence-electron chi connectivity index (χ0n) is 11.1. The Morgan fingerprint density at radius 3 is 2.55 bits per heavy atom. The number of carboxylic acid groups (broad SMARTS) is 1. The number of benzene rings is 1. The molecule has 0 bridgehead atoms. The minimum absolute atomic E-state index is 0.0107. The van der Waals surface area contributed by atoms with Gasteiger partial charge in [-0.05, 0) is 25.0 Å². The summed E-state index contributed by atoms with van der Waals surface area (Å²) in [6.07, 6.45) is 1.77. The van der Waals surface area contributed by atoms with Gasteiger partial charge in [-0.2, -0.15) is 0 Å². The van der Waals surface area contributed by atoms with E-state index in [1.165, 1.54) is 4.90 Å². The molecule has 1 aliphatic rings. The van der Waals surface area contributed by atoms with Gasteiger partial charge in [0.1, 0.15) is 6.54 Å². The van der Waals surface area contributed by atoms with Crippen LogP contribution in [-0.2, 0) is 9.59 Å². The zero-order chi connectivity index (χ0) is 14.7. The molecule has 6 nitrogen and oxygen atoms in total. The van der Waals surface area contributed by atoms with E-state index < -0.39 is 18.4 Å². The van der Waals surface area contributed by atoms with E-state index in [0.29, 0.717) is 11.3 Å². The number of hydrogen-bond donors (Lipinski definition) is 2. The van der Waals surface area contributed by atoms with Crippen LogP contribution in [0.4, 0.5) is 5.69 Å². The lowest BCUT2D eigenvalue weighted by atomic mass is 10.1. The van der Waals surface area contributed by atoms with Crippen molar-refractivity contribution < 1.29 is 19.5 Å². The maximum Gasteiger partial charge on any atom is 0.322 e. The van der Waals surface area contributed by atoms with Gasteiger partial charge in [-0.3, -0.25) is 14.4 Å². The summed E-state index contributed by atoms with van der Waals surface area (Å²) >= 11 is 0. The van der Waals surface area contributed by atoms with Crippen LogP contribution in [-0.4, -0.2) is 36.5 Å². The van der Waals surface area contributed by atoms with Crippen LogP contribution in [0.3, 0.4) is 0 Å². The Balaban J connectivity index is 2.18. The molecule has 0 aromatic heterocycles. The number of hydrogen-bond acceptors (Lipinski definition) is 3. The maximum absolute atomic E-state index is 12.0. The number of anilines is 1. The second-order valence-corrected chi connectivity index (χ2v) is 4.77. The first-order valence-corrected chi connectivity index (χ1v) is 6.37. The number of amides is 2. The number of aliphatic carboxylic acids is 1. The van der Waals surface area contributed by atoms with Crippen molar-refractivity contribution >= 4 is 23.5 Å². The molecule has 20 heavy (non-hydrogen) atoms. The van der Waals surface area contributed by atoms with Crippen LogP contribution in [0.1, 0.15) is 23.2 Å². The van der Waals surface area contributed by atoms with Crippen LogP contribution in [0, 0.1) is 5.92 Å².